The second kappa shape index (κ2) is 30.7. The average molecular weight is 829 g/mol. The first-order valence-electron chi connectivity index (χ1n) is 22.3. The van der Waals surface area contributed by atoms with Gasteiger partial charge >= 0.3 is 0 Å². The van der Waals surface area contributed by atoms with Crippen LogP contribution in [-0.2, 0) is 42.8 Å². The van der Waals surface area contributed by atoms with Crippen LogP contribution in [0.1, 0.15) is 181 Å². The summed E-state index contributed by atoms with van der Waals surface area (Å²) < 4.78 is 77.0. The minimum Gasteiger partial charge on any atom is -0.364 e. The Hall–Kier alpha value is -1.34. The Kier molecular flexibility index (Phi) is 27.8. The maximum atomic E-state index is 11.8. The van der Waals surface area contributed by atoms with Crippen molar-refractivity contribution in [1.29, 1.82) is 0 Å². The number of allylic oxidation sites excluding steroid dienone is 8. The minimum atomic E-state index is -3.72. The molecule has 2 saturated heterocycles. The highest BCUT2D eigenvalue weighted by Gasteiger charge is 2.58. The summed E-state index contributed by atoms with van der Waals surface area (Å²) in [5, 5.41) is 0. The van der Waals surface area contributed by atoms with Gasteiger partial charge < -0.3 is 14.2 Å². The van der Waals surface area contributed by atoms with E-state index in [1.807, 2.05) is 0 Å². The van der Waals surface area contributed by atoms with Crippen LogP contribution >= 0.6 is 0 Å². The van der Waals surface area contributed by atoms with E-state index in [1.54, 1.807) is 0 Å². The Morgan fingerprint density at radius 2 is 0.786 bits per heavy atom. The minimum absolute atomic E-state index is 0.231. The summed E-state index contributed by atoms with van der Waals surface area (Å²) in [6.07, 6.45) is 47.2. The van der Waals surface area contributed by atoms with Crippen LogP contribution in [0.2, 0.25) is 0 Å². The summed E-state index contributed by atoms with van der Waals surface area (Å²) in [5.41, 5.74) is 0. The predicted molar refractivity (Wildman–Crippen MR) is 231 cm³/mol. The first kappa shape index (κ1) is 50.8. The summed E-state index contributed by atoms with van der Waals surface area (Å²) in [7, 11) is -7.43. The molecule has 0 bridgehead atoms. The third-order valence-electron chi connectivity index (χ3n) is 10.5. The maximum Gasteiger partial charge on any atom is 0.264 e. The molecule has 2 aliphatic heterocycles. The molecule has 9 nitrogen and oxygen atoms in total. The zero-order chi connectivity index (χ0) is 40.8. The van der Waals surface area contributed by atoms with Gasteiger partial charge in [-0.25, -0.2) is 0 Å². The first-order valence-corrected chi connectivity index (χ1v) is 25.9. The number of fused-ring (bicyclic) bond motifs is 1. The van der Waals surface area contributed by atoms with Gasteiger partial charge in [-0.2, -0.15) is 16.8 Å². The molecule has 0 N–H and O–H groups in total. The third-order valence-corrected chi connectivity index (χ3v) is 11.6. The zero-order valence-corrected chi connectivity index (χ0v) is 37.4. The van der Waals surface area contributed by atoms with E-state index in [4.69, 9.17) is 22.6 Å². The molecule has 0 saturated carbocycles. The Morgan fingerprint density at radius 3 is 1.12 bits per heavy atom. The molecule has 0 unspecified atom stereocenters. The molecule has 2 heterocycles. The second-order valence-electron chi connectivity index (χ2n) is 15.9. The molecule has 56 heavy (non-hydrogen) atoms. The summed E-state index contributed by atoms with van der Waals surface area (Å²) in [4.78, 5) is 0. The molecule has 0 aromatic heterocycles. The zero-order valence-electron chi connectivity index (χ0n) is 35.7. The van der Waals surface area contributed by atoms with Crippen molar-refractivity contribution >= 4 is 20.2 Å². The van der Waals surface area contributed by atoms with Crippen molar-refractivity contribution in [3.63, 3.8) is 0 Å². The number of ether oxygens (including phenoxy) is 3. The van der Waals surface area contributed by atoms with Crippen molar-refractivity contribution in [1.82, 2.24) is 0 Å². The number of hydrogen-bond acceptors (Lipinski definition) is 9. The Morgan fingerprint density at radius 1 is 0.464 bits per heavy atom. The largest absolute Gasteiger partial charge is 0.364 e. The lowest BCUT2D eigenvalue weighted by Gasteiger charge is -2.31. The van der Waals surface area contributed by atoms with Crippen LogP contribution in [-0.4, -0.2) is 72.8 Å². The molecule has 326 valence electrons. The van der Waals surface area contributed by atoms with E-state index in [-0.39, 0.29) is 13.2 Å². The number of hydrogen-bond donors (Lipinski definition) is 0. The van der Waals surface area contributed by atoms with E-state index in [0.29, 0.717) is 12.8 Å². The van der Waals surface area contributed by atoms with Crippen LogP contribution in [0.15, 0.2) is 48.6 Å². The van der Waals surface area contributed by atoms with E-state index in [0.717, 1.165) is 76.7 Å². The molecule has 11 heteroatoms. The molecule has 2 aliphatic rings. The van der Waals surface area contributed by atoms with E-state index in [2.05, 4.69) is 62.5 Å². The van der Waals surface area contributed by atoms with Gasteiger partial charge in [0.2, 0.25) is 0 Å². The topological polar surface area (TPSA) is 114 Å². The fraction of sp³-hybridized carbons (Fsp3) is 0.822. The van der Waals surface area contributed by atoms with Gasteiger partial charge in [-0.15, -0.1) is 0 Å². The van der Waals surface area contributed by atoms with E-state index >= 15 is 0 Å². The maximum absolute atomic E-state index is 11.8. The molecule has 2 rings (SSSR count). The van der Waals surface area contributed by atoms with Crippen LogP contribution < -0.4 is 0 Å². The Balaban J connectivity index is 1.83. The molecule has 4 atom stereocenters. The molecule has 0 spiro atoms. The summed E-state index contributed by atoms with van der Waals surface area (Å²) in [5.74, 6) is -0.837. The van der Waals surface area contributed by atoms with Crippen molar-refractivity contribution < 1.29 is 39.4 Å². The van der Waals surface area contributed by atoms with Gasteiger partial charge in [-0.1, -0.05) is 140 Å². The third kappa shape index (κ3) is 25.2. The second-order valence-corrected chi connectivity index (χ2v) is 19.2. The molecule has 0 amide bonds. The normalized spacial score (nSPS) is 23.2. The van der Waals surface area contributed by atoms with Crippen LogP contribution in [0, 0.1) is 0 Å². The standard InChI is InChI=1S/C45H80O9S2/c1-5-7-9-11-13-15-17-19-21-23-25-27-29-31-33-35-37-45(38-36-34-32-30-28-26-24-22-20-18-16-14-12-10-8-6-2)53-43-41(39-50-55(3,46)47)52-42(44(43)54-45)40-51-56(4,48)49/h13-16,19-22,41-44H,5-12,17-18,23-40H2,1-4H3/t41-,42+,43-,44-,45?/m1/s1. The van der Waals surface area contributed by atoms with Crippen molar-refractivity contribution in [3.8, 4) is 0 Å². The number of unbranched alkanes of at least 4 members (excludes halogenated alkanes) is 18. The molecular formula is C45H80O9S2. The van der Waals surface area contributed by atoms with Gasteiger partial charge in [0.1, 0.15) is 24.4 Å². The lowest BCUT2D eigenvalue weighted by atomic mass is 9.98. The quantitative estimate of drug-likeness (QED) is 0.0346. The first-order chi connectivity index (χ1) is 27.0. The highest BCUT2D eigenvalue weighted by Crippen LogP contribution is 2.44. The molecule has 0 aromatic rings. The van der Waals surface area contributed by atoms with E-state index in [9.17, 15) is 16.8 Å². The van der Waals surface area contributed by atoms with Gasteiger partial charge in [-0.05, 0) is 77.0 Å². The van der Waals surface area contributed by atoms with Crippen LogP contribution in [0.3, 0.4) is 0 Å². The van der Waals surface area contributed by atoms with Crippen molar-refractivity contribution in [2.24, 2.45) is 0 Å². The lowest BCUT2D eigenvalue weighted by molar-refractivity contribution is -0.221. The van der Waals surface area contributed by atoms with Crippen molar-refractivity contribution in [2.75, 3.05) is 25.7 Å². The molecule has 2 fully saturated rings. The van der Waals surface area contributed by atoms with E-state index < -0.39 is 50.4 Å². The average Bonchev–Trinajstić information content (AvgIpc) is 3.67. The summed E-state index contributed by atoms with van der Waals surface area (Å²) in [6, 6.07) is 0. The SMILES string of the molecule is CCCCCC=CCC=CCCCCCCCCC1(CCCCCCCCC=CCC=CCCCCC)O[C@H]2[C@H](O1)[C@@H](COS(C)(=O)=O)O[C@H]2COS(C)(=O)=O. The van der Waals surface area contributed by atoms with Crippen molar-refractivity contribution in [3.05, 3.63) is 48.6 Å². The van der Waals surface area contributed by atoms with Crippen LogP contribution in [0.25, 0.3) is 0 Å². The van der Waals surface area contributed by atoms with Crippen LogP contribution in [0.5, 0.6) is 0 Å². The molecule has 0 aliphatic carbocycles. The van der Waals surface area contributed by atoms with Gasteiger partial charge in [0.25, 0.3) is 20.2 Å². The predicted octanol–water partition coefficient (Wildman–Crippen LogP) is 11.6. The fourth-order valence-corrected chi connectivity index (χ4v) is 8.15. The lowest BCUT2D eigenvalue weighted by Crippen LogP contribution is -2.37. The summed E-state index contributed by atoms with van der Waals surface area (Å²) in [6.45, 7) is 4.01. The molecule has 0 aromatic carbocycles. The number of rotatable bonds is 36. The monoisotopic (exact) mass is 829 g/mol. The van der Waals surface area contributed by atoms with Gasteiger partial charge in [0, 0.05) is 12.8 Å². The Labute approximate surface area is 343 Å². The smallest absolute Gasteiger partial charge is 0.264 e. The van der Waals surface area contributed by atoms with Crippen LogP contribution in [0.4, 0.5) is 0 Å². The highest BCUT2D eigenvalue weighted by atomic mass is 32.2. The highest BCUT2D eigenvalue weighted by molar-refractivity contribution is 7.86. The van der Waals surface area contributed by atoms with Gasteiger partial charge in [0.15, 0.2) is 5.79 Å². The Bertz CT molecular complexity index is 1220. The molecule has 0 radical (unpaired) electrons. The van der Waals surface area contributed by atoms with Crippen molar-refractivity contribution in [2.45, 2.75) is 211 Å². The van der Waals surface area contributed by atoms with Gasteiger partial charge in [-0.3, -0.25) is 8.37 Å². The summed E-state index contributed by atoms with van der Waals surface area (Å²) >= 11 is 0. The molecular weight excluding hydrogens is 749 g/mol. The van der Waals surface area contributed by atoms with E-state index in [1.165, 1.54) is 89.9 Å². The van der Waals surface area contributed by atoms with Gasteiger partial charge in [0.05, 0.1) is 25.7 Å². The fourth-order valence-electron chi connectivity index (χ4n) is 7.39.